The normalized spacial score (nSPS) is 15.1. The molecule has 0 aromatic heterocycles. The minimum atomic E-state index is -3.45. The molecular formula is C16H21NO3S. The van der Waals surface area contributed by atoms with Gasteiger partial charge in [0, 0.05) is 12.1 Å². The molecule has 1 aromatic rings. The fourth-order valence-electron chi connectivity index (χ4n) is 2.34. The highest BCUT2D eigenvalue weighted by Gasteiger charge is 2.19. The van der Waals surface area contributed by atoms with Crippen LogP contribution in [0.2, 0.25) is 0 Å². The molecule has 0 bridgehead atoms. The van der Waals surface area contributed by atoms with Gasteiger partial charge in [-0.05, 0) is 43.0 Å². The van der Waals surface area contributed by atoms with Gasteiger partial charge in [-0.1, -0.05) is 31.1 Å². The van der Waals surface area contributed by atoms with Gasteiger partial charge >= 0.3 is 0 Å². The Kier molecular flexibility index (Phi) is 5.40. The van der Waals surface area contributed by atoms with Crippen molar-refractivity contribution < 1.29 is 13.5 Å². The zero-order valence-corrected chi connectivity index (χ0v) is 13.0. The molecule has 2 rings (SSSR count). The van der Waals surface area contributed by atoms with E-state index in [-0.39, 0.29) is 11.5 Å². The Morgan fingerprint density at radius 3 is 2.71 bits per heavy atom. The van der Waals surface area contributed by atoms with Crippen LogP contribution in [0.25, 0.3) is 0 Å². The highest BCUT2D eigenvalue weighted by atomic mass is 32.2. The van der Waals surface area contributed by atoms with E-state index in [9.17, 15) is 8.42 Å². The lowest BCUT2D eigenvalue weighted by Crippen LogP contribution is -2.27. The number of hydrogen-bond donors (Lipinski definition) is 2. The predicted molar refractivity (Wildman–Crippen MR) is 82.3 cm³/mol. The quantitative estimate of drug-likeness (QED) is 0.815. The third-order valence-electron chi connectivity index (χ3n) is 3.88. The molecule has 0 saturated heterocycles. The Morgan fingerprint density at radius 2 is 2.14 bits per heavy atom. The Morgan fingerprint density at radius 1 is 1.38 bits per heavy atom. The Labute approximate surface area is 126 Å². The summed E-state index contributed by atoms with van der Waals surface area (Å²) in [7, 11) is -3.45. The lowest BCUT2D eigenvalue weighted by atomic mass is 9.83. The van der Waals surface area contributed by atoms with Crippen molar-refractivity contribution in [2.45, 2.75) is 37.5 Å². The second kappa shape index (κ2) is 7.08. The van der Waals surface area contributed by atoms with Gasteiger partial charge in [0.15, 0.2) is 0 Å². The molecule has 1 fully saturated rings. The molecule has 5 heteroatoms. The zero-order chi connectivity index (χ0) is 15.3. The fourth-order valence-corrected chi connectivity index (χ4v) is 3.47. The summed E-state index contributed by atoms with van der Waals surface area (Å²) in [6, 6.07) is 4.85. The molecule has 0 unspecified atom stereocenters. The van der Waals surface area contributed by atoms with Gasteiger partial charge in [0.2, 0.25) is 10.0 Å². The summed E-state index contributed by atoms with van der Waals surface area (Å²) >= 11 is 0. The van der Waals surface area contributed by atoms with Gasteiger partial charge in [0.05, 0.1) is 4.90 Å². The van der Waals surface area contributed by atoms with Crippen LogP contribution in [-0.2, 0) is 10.0 Å². The molecule has 0 heterocycles. The van der Waals surface area contributed by atoms with Crippen molar-refractivity contribution in [2.24, 2.45) is 5.92 Å². The van der Waals surface area contributed by atoms with E-state index in [4.69, 9.17) is 5.11 Å². The Bertz CT molecular complexity index is 652. The first-order chi connectivity index (χ1) is 10.0. The molecule has 114 valence electrons. The van der Waals surface area contributed by atoms with Crippen LogP contribution in [0.5, 0.6) is 0 Å². The van der Waals surface area contributed by atoms with Crippen molar-refractivity contribution in [1.29, 1.82) is 0 Å². The van der Waals surface area contributed by atoms with E-state index >= 15 is 0 Å². The summed E-state index contributed by atoms with van der Waals surface area (Å²) in [4.78, 5) is 0.267. The second-order valence-electron chi connectivity index (χ2n) is 5.42. The van der Waals surface area contributed by atoms with Crippen LogP contribution in [0.4, 0.5) is 0 Å². The Hall–Kier alpha value is -1.35. The zero-order valence-electron chi connectivity index (χ0n) is 12.2. The number of benzene rings is 1. The molecule has 0 radical (unpaired) electrons. The summed E-state index contributed by atoms with van der Waals surface area (Å²) in [5.41, 5.74) is 1.52. The van der Waals surface area contributed by atoms with Crippen LogP contribution in [0, 0.1) is 24.7 Å². The van der Waals surface area contributed by atoms with Crippen molar-refractivity contribution in [1.82, 2.24) is 4.72 Å². The standard InChI is InChI=1S/C16H21NO3S/c1-13-12-16(8-7-15(13)6-3-11-18)21(19,20)17-10-9-14-4-2-5-14/h7-8,12,14,17-18H,2,4-5,9-11H2,1H3. The van der Waals surface area contributed by atoms with Gasteiger partial charge in [-0.3, -0.25) is 0 Å². The maximum Gasteiger partial charge on any atom is 0.240 e. The number of nitrogens with one attached hydrogen (secondary N) is 1. The minimum absolute atomic E-state index is 0.206. The van der Waals surface area contributed by atoms with Crippen LogP contribution in [0.3, 0.4) is 0 Å². The lowest BCUT2D eigenvalue weighted by molar-refractivity contribution is 0.297. The van der Waals surface area contributed by atoms with Crippen molar-refractivity contribution in [2.75, 3.05) is 13.2 Å². The maximum absolute atomic E-state index is 12.2. The number of sulfonamides is 1. The minimum Gasteiger partial charge on any atom is -0.384 e. The summed E-state index contributed by atoms with van der Waals surface area (Å²) in [6.07, 6.45) is 4.63. The van der Waals surface area contributed by atoms with Crippen molar-refractivity contribution >= 4 is 10.0 Å². The van der Waals surface area contributed by atoms with E-state index in [1.165, 1.54) is 19.3 Å². The van der Waals surface area contributed by atoms with Crippen molar-refractivity contribution in [3.05, 3.63) is 29.3 Å². The number of hydrogen-bond acceptors (Lipinski definition) is 3. The van der Waals surface area contributed by atoms with E-state index in [1.54, 1.807) is 18.2 Å². The fraction of sp³-hybridized carbons (Fsp3) is 0.500. The summed E-state index contributed by atoms with van der Waals surface area (Å²) in [6.45, 7) is 2.11. The van der Waals surface area contributed by atoms with Gasteiger partial charge < -0.3 is 5.11 Å². The number of aryl methyl sites for hydroxylation is 1. The number of rotatable bonds is 5. The molecule has 0 atom stereocenters. The molecule has 1 aliphatic carbocycles. The van der Waals surface area contributed by atoms with Crippen LogP contribution in [-0.4, -0.2) is 26.7 Å². The predicted octanol–water partition coefficient (Wildman–Crippen LogP) is 1.81. The summed E-state index contributed by atoms with van der Waals surface area (Å²) < 4.78 is 27.1. The average Bonchev–Trinajstić information content (AvgIpc) is 2.40. The van der Waals surface area contributed by atoms with Crippen LogP contribution < -0.4 is 4.72 Å². The van der Waals surface area contributed by atoms with E-state index < -0.39 is 10.0 Å². The molecule has 21 heavy (non-hydrogen) atoms. The van der Waals surface area contributed by atoms with Gasteiger partial charge in [0.25, 0.3) is 0 Å². The Balaban J connectivity index is 2.03. The van der Waals surface area contributed by atoms with E-state index in [2.05, 4.69) is 16.6 Å². The van der Waals surface area contributed by atoms with Gasteiger partial charge in [-0.2, -0.15) is 0 Å². The lowest BCUT2D eigenvalue weighted by Gasteiger charge is -2.25. The molecule has 2 N–H and O–H groups in total. The van der Waals surface area contributed by atoms with Crippen molar-refractivity contribution in [3.8, 4) is 11.8 Å². The largest absolute Gasteiger partial charge is 0.384 e. The molecule has 1 saturated carbocycles. The van der Waals surface area contributed by atoms with Gasteiger partial charge in [-0.25, -0.2) is 13.1 Å². The highest BCUT2D eigenvalue weighted by Crippen LogP contribution is 2.28. The molecule has 1 aromatic carbocycles. The third-order valence-corrected chi connectivity index (χ3v) is 5.34. The monoisotopic (exact) mass is 307 g/mol. The first kappa shape index (κ1) is 16.0. The first-order valence-corrected chi connectivity index (χ1v) is 8.71. The molecule has 0 spiro atoms. The van der Waals surface area contributed by atoms with E-state index in [1.807, 2.05) is 6.92 Å². The SMILES string of the molecule is Cc1cc(S(=O)(=O)NCCC2CCC2)ccc1C#CCO. The topological polar surface area (TPSA) is 66.4 Å². The highest BCUT2D eigenvalue weighted by molar-refractivity contribution is 7.89. The molecule has 0 amide bonds. The molecule has 1 aliphatic rings. The number of aliphatic hydroxyl groups is 1. The smallest absolute Gasteiger partial charge is 0.240 e. The van der Waals surface area contributed by atoms with Crippen LogP contribution in [0.1, 0.15) is 36.8 Å². The van der Waals surface area contributed by atoms with E-state index in [0.29, 0.717) is 12.5 Å². The molecule has 4 nitrogen and oxygen atoms in total. The van der Waals surface area contributed by atoms with Gasteiger partial charge in [0.1, 0.15) is 6.61 Å². The summed E-state index contributed by atoms with van der Waals surface area (Å²) in [5, 5.41) is 8.69. The molecule has 0 aliphatic heterocycles. The van der Waals surface area contributed by atoms with Crippen LogP contribution >= 0.6 is 0 Å². The average molecular weight is 307 g/mol. The maximum atomic E-state index is 12.2. The summed E-state index contributed by atoms with van der Waals surface area (Å²) in [5.74, 6) is 6.05. The van der Waals surface area contributed by atoms with E-state index in [0.717, 1.165) is 17.5 Å². The van der Waals surface area contributed by atoms with Crippen molar-refractivity contribution in [3.63, 3.8) is 0 Å². The van der Waals surface area contributed by atoms with Crippen LogP contribution in [0.15, 0.2) is 23.1 Å². The number of aliphatic hydroxyl groups excluding tert-OH is 1. The molecular weight excluding hydrogens is 286 g/mol. The second-order valence-corrected chi connectivity index (χ2v) is 7.19. The van der Waals surface area contributed by atoms with Gasteiger partial charge in [-0.15, -0.1) is 0 Å². The first-order valence-electron chi connectivity index (χ1n) is 7.23. The third kappa shape index (κ3) is 4.31.